The van der Waals surface area contributed by atoms with E-state index in [0.29, 0.717) is 0 Å². The standard InChI is InChI=1S/C30H26ClN3S/c1-20-10-12-21(13-11-20)26-19-34-28(29(35)32-24-7-3-2-4-8-24)27(22-14-16-23(31)17-15-22)25-9-5-6-18-33(26)30(25)34/h2-4,7-8,10-17,19H,5-6,9,18H2,1H3,(H,32,35). The predicted molar refractivity (Wildman–Crippen MR) is 151 cm³/mol. The molecule has 6 rings (SSSR count). The zero-order valence-electron chi connectivity index (χ0n) is 19.6. The Morgan fingerprint density at radius 2 is 1.60 bits per heavy atom. The van der Waals surface area contributed by atoms with Crippen LogP contribution in [0.1, 0.15) is 29.7 Å². The zero-order chi connectivity index (χ0) is 23.9. The quantitative estimate of drug-likeness (QED) is 0.254. The maximum Gasteiger partial charge on any atom is 0.128 e. The largest absolute Gasteiger partial charge is 0.345 e. The van der Waals surface area contributed by atoms with Gasteiger partial charge in [0.1, 0.15) is 10.6 Å². The average Bonchev–Trinajstić information content (AvgIpc) is 3.28. The molecule has 3 heterocycles. The summed E-state index contributed by atoms with van der Waals surface area (Å²) in [5.41, 5.74) is 10.7. The number of hydrogen-bond acceptors (Lipinski definition) is 1. The number of nitrogens with zero attached hydrogens (tertiary/aromatic N) is 2. The number of aromatic nitrogens is 2. The maximum absolute atomic E-state index is 6.25. The summed E-state index contributed by atoms with van der Waals surface area (Å²) in [6.45, 7) is 3.12. The average molecular weight is 496 g/mol. The lowest BCUT2D eigenvalue weighted by atomic mass is 9.98. The van der Waals surface area contributed by atoms with Gasteiger partial charge < -0.3 is 9.88 Å². The lowest BCUT2D eigenvalue weighted by Gasteiger charge is -2.12. The molecule has 1 N–H and O–H groups in total. The molecule has 0 bridgehead atoms. The molecule has 0 amide bonds. The monoisotopic (exact) mass is 495 g/mol. The second kappa shape index (κ2) is 9.03. The summed E-state index contributed by atoms with van der Waals surface area (Å²) < 4.78 is 4.80. The number of para-hydroxylation sites is 1. The molecule has 3 nitrogen and oxygen atoms in total. The van der Waals surface area contributed by atoms with E-state index < -0.39 is 0 Å². The van der Waals surface area contributed by atoms with Crippen LogP contribution < -0.4 is 5.32 Å². The second-order valence-electron chi connectivity index (χ2n) is 9.21. The molecular weight excluding hydrogens is 470 g/mol. The lowest BCUT2D eigenvalue weighted by Crippen LogP contribution is -2.14. The number of hydrogen-bond donors (Lipinski definition) is 1. The van der Waals surface area contributed by atoms with Gasteiger partial charge in [-0.1, -0.05) is 84.0 Å². The van der Waals surface area contributed by atoms with Crippen LogP contribution in [0.3, 0.4) is 0 Å². The van der Waals surface area contributed by atoms with E-state index in [1.54, 1.807) is 0 Å². The van der Waals surface area contributed by atoms with Crippen molar-refractivity contribution in [3.05, 3.63) is 107 Å². The molecule has 0 saturated carbocycles. The van der Waals surface area contributed by atoms with Crippen LogP contribution in [0.15, 0.2) is 85.1 Å². The second-order valence-corrected chi connectivity index (χ2v) is 10.1. The van der Waals surface area contributed by atoms with Gasteiger partial charge >= 0.3 is 0 Å². The van der Waals surface area contributed by atoms with Gasteiger partial charge in [-0.25, -0.2) is 0 Å². The minimum Gasteiger partial charge on any atom is -0.345 e. The molecule has 0 fully saturated rings. The molecule has 5 heteroatoms. The van der Waals surface area contributed by atoms with E-state index in [-0.39, 0.29) is 0 Å². The number of benzene rings is 3. The third-order valence-electron chi connectivity index (χ3n) is 6.86. The van der Waals surface area contributed by atoms with Crippen molar-refractivity contribution in [3.63, 3.8) is 0 Å². The first-order valence-electron chi connectivity index (χ1n) is 12.1. The summed E-state index contributed by atoms with van der Waals surface area (Å²) in [4.78, 5) is 0.718. The van der Waals surface area contributed by atoms with Crippen molar-refractivity contribution in [1.29, 1.82) is 0 Å². The van der Waals surface area contributed by atoms with E-state index in [1.807, 2.05) is 42.5 Å². The van der Waals surface area contributed by atoms with Crippen LogP contribution in [-0.4, -0.2) is 14.0 Å². The highest BCUT2D eigenvalue weighted by Gasteiger charge is 2.28. The fourth-order valence-electron chi connectivity index (χ4n) is 5.20. The summed E-state index contributed by atoms with van der Waals surface area (Å²) in [5.74, 6) is 0. The summed E-state index contributed by atoms with van der Waals surface area (Å²) in [6.07, 6.45) is 5.59. The smallest absolute Gasteiger partial charge is 0.128 e. The van der Waals surface area contributed by atoms with Gasteiger partial charge in [0.05, 0.1) is 11.4 Å². The Bertz CT molecular complexity index is 1530. The first-order chi connectivity index (χ1) is 17.1. The Morgan fingerprint density at radius 1 is 0.886 bits per heavy atom. The molecule has 0 spiro atoms. The molecule has 0 atom stereocenters. The molecule has 5 aromatic rings. The Hall–Kier alpha value is -3.34. The van der Waals surface area contributed by atoms with Crippen LogP contribution >= 0.6 is 23.8 Å². The molecule has 0 saturated heterocycles. The van der Waals surface area contributed by atoms with Crippen LogP contribution in [0.25, 0.3) is 28.0 Å². The topological polar surface area (TPSA) is 21.4 Å². The SMILES string of the molecule is Cc1ccc(-c2cn3c(C(=S)Nc4ccccc4)c(-c4ccc(Cl)cc4)c4c3n2CCCC4)cc1. The summed E-state index contributed by atoms with van der Waals surface area (Å²) in [6, 6.07) is 27.1. The summed E-state index contributed by atoms with van der Waals surface area (Å²) in [5, 5.41) is 4.23. The van der Waals surface area contributed by atoms with Crippen molar-refractivity contribution in [2.75, 3.05) is 5.32 Å². The molecule has 0 radical (unpaired) electrons. The van der Waals surface area contributed by atoms with Gasteiger partial charge in [0.25, 0.3) is 0 Å². The van der Waals surface area contributed by atoms with E-state index in [0.717, 1.165) is 52.8 Å². The highest BCUT2D eigenvalue weighted by Crippen LogP contribution is 2.40. The van der Waals surface area contributed by atoms with E-state index in [1.165, 1.54) is 33.6 Å². The fraction of sp³-hybridized carbons (Fsp3) is 0.167. The number of nitrogens with one attached hydrogen (secondary N) is 1. The Balaban J connectivity index is 1.62. The van der Waals surface area contributed by atoms with Gasteiger partial charge in [0.15, 0.2) is 0 Å². The van der Waals surface area contributed by atoms with Gasteiger partial charge in [-0.15, -0.1) is 0 Å². The number of rotatable bonds is 4. The number of anilines is 1. The van der Waals surface area contributed by atoms with E-state index in [9.17, 15) is 0 Å². The Kier molecular flexibility index (Phi) is 5.71. The van der Waals surface area contributed by atoms with Gasteiger partial charge in [-0.2, -0.15) is 0 Å². The molecule has 2 aromatic heterocycles. The van der Waals surface area contributed by atoms with Crippen molar-refractivity contribution in [2.24, 2.45) is 0 Å². The van der Waals surface area contributed by atoms with E-state index >= 15 is 0 Å². The zero-order valence-corrected chi connectivity index (χ0v) is 21.2. The van der Waals surface area contributed by atoms with Crippen molar-refractivity contribution >= 4 is 40.1 Å². The van der Waals surface area contributed by atoms with E-state index in [2.05, 4.69) is 63.8 Å². The Morgan fingerprint density at radius 3 is 2.34 bits per heavy atom. The third kappa shape index (κ3) is 3.97. The van der Waals surface area contributed by atoms with Crippen LogP contribution in [0, 0.1) is 6.92 Å². The highest BCUT2D eigenvalue weighted by molar-refractivity contribution is 7.81. The minimum atomic E-state index is 0.718. The minimum absolute atomic E-state index is 0.718. The van der Waals surface area contributed by atoms with Crippen LogP contribution in [0.2, 0.25) is 5.02 Å². The first-order valence-corrected chi connectivity index (χ1v) is 12.8. The van der Waals surface area contributed by atoms with Crippen molar-refractivity contribution in [1.82, 2.24) is 8.97 Å². The number of aryl methyl sites for hydroxylation is 3. The lowest BCUT2D eigenvalue weighted by molar-refractivity contribution is 0.647. The van der Waals surface area contributed by atoms with Crippen LogP contribution in [0.4, 0.5) is 5.69 Å². The van der Waals surface area contributed by atoms with Gasteiger partial charge in [-0.05, 0) is 61.6 Å². The Labute approximate surface area is 216 Å². The number of imidazole rings is 1. The van der Waals surface area contributed by atoms with Gasteiger partial charge in [-0.3, -0.25) is 4.40 Å². The molecule has 3 aromatic carbocycles. The molecule has 35 heavy (non-hydrogen) atoms. The number of halogens is 1. The highest BCUT2D eigenvalue weighted by atomic mass is 35.5. The molecule has 174 valence electrons. The number of thiocarbonyl (C=S) groups is 1. The first kappa shape index (κ1) is 22.1. The van der Waals surface area contributed by atoms with Crippen LogP contribution in [-0.2, 0) is 13.0 Å². The van der Waals surface area contributed by atoms with Crippen molar-refractivity contribution in [2.45, 2.75) is 32.7 Å². The molecule has 0 aliphatic carbocycles. The van der Waals surface area contributed by atoms with Gasteiger partial charge in [0.2, 0.25) is 0 Å². The van der Waals surface area contributed by atoms with Crippen molar-refractivity contribution in [3.8, 4) is 22.4 Å². The predicted octanol–water partition coefficient (Wildman–Crippen LogP) is 8.16. The molecule has 1 aliphatic heterocycles. The third-order valence-corrected chi connectivity index (χ3v) is 7.41. The van der Waals surface area contributed by atoms with E-state index in [4.69, 9.17) is 23.8 Å². The summed E-state index contributed by atoms with van der Waals surface area (Å²) in [7, 11) is 0. The maximum atomic E-state index is 6.25. The molecule has 0 unspecified atom stereocenters. The van der Waals surface area contributed by atoms with Crippen molar-refractivity contribution < 1.29 is 0 Å². The van der Waals surface area contributed by atoms with Gasteiger partial charge in [0, 0.05) is 34.6 Å². The normalized spacial score (nSPS) is 13.1. The molecular formula is C30H26ClN3S. The summed E-state index contributed by atoms with van der Waals surface area (Å²) >= 11 is 12.3. The molecule has 1 aliphatic rings. The fourth-order valence-corrected chi connectivity index (χ4v) is 5.65. The van der Waals surface area contributed by atoms with Crippen LogP contribution in [0.5, 0.6) is 0 Å².